The van der Waals surface area contributed by atoms with E-state index in [1.54, 1.807) is 0 Å². The molecule has 10 heteroatoms. The Morgan fingerprint density at radius 1 is 1.60 bits per heavy atom. The van der Waals surface area contributed by atoms with Crippen LogP contribution in [-0.4, -0.2) is 50.9 Å². The number of aliphatic hydroxyl groups is 2. The van der Waals surface area contributed by atoms with Crippen molar-refractivity contribution in [3.63, 3.8) is 0 Å². The van der Waals surface area contributed by atoms with Gasteiger partial charge in [0, 0.05) is 0 Å². The molecule has 6 nitrogen and oxygen atoms in total. The van der Waals surface area contributed by atoms with Crippen LogP contribution in [0.1, 0.15) is 6.23 Å². The maximum atomic E-state index is 14.5. The van der Waals surface area contributed by atoms with Crippen LogP contribution in [0.3, 0.4) is 0 Å². The minimum absolute atomic E-state index is 0.420. The van der Waals surface area contributed by atoms with E-state index >= 15 is 0 Å². The van der Waals surface area contributed by atoms with E-state index in [-0.39, 0.29) is 0 Å². The molecule has 3 N–H and O–H groups in total. The van der Waals surface area contributed by atoms with Gasteiger partial charge >= 0.3 is 5.69 Å². The van der Waals surface area contributed by atoms with Gasteiger partial charge < -0.3 is 14.9 Å². The normalized spacial score (nSPS) is 33.5. The van der Waals surface area contributed by atoms with Gasteiger partial charge in [-0.25, -0.2) is 18.0 Å². The zero-order chi connectivity index (χ0) is 15.1. The van der Waals surface area contributed by atoms with Crippen molar-refractivity contribution in [2.24, 2.45) is 0 Å². The first kappa shape index (κ1) is 15.2. The van der Waals surface area contributed by atoms with Gasteiger partial charge in [0.1, 0.15) is 23.5 Å². The van der Waals surface area contributed by atoms with E-state index in [2.05, 4.69) is 12.2 Å². The van der Waals surface area contributed by atoms with E-state index in [4.69, 9.17) is 9.84 Å². The quantitative estimate of drug-likeness (QED) is 0.683. The van der Waals surface area contributed by atoms with Crippen molar-refractivity contribution >= 4 is 12.2 Å². The molecule has 0 aromatic carbocycles. The van der Waals surface area contributed by atoms with Gasteiger partial charge in [0.2, 0.25) is 5.67 Å². The number of aromatic amines is 1. The van der Waals surface area contributed by atoms with E-state index in [9.17, 15) is 23.1 Å². The Balaban J connectivity index is 2.54. The standard InChI is InChI=1S/C10H11F3N2O4S/c11-3-10(13)6(17)5(2-16)19-8(10)15-1-4(12)7(20)14-9(15)18/h1,5-6,8,16-17H,2-3H2,(H,14,18,20)/t5?,6-,8?,10?/m0/s1. The first-order chi connectivity index (χ1) is 9.35. The summed E-state index contributed by atoms with van der Waals surface area (Å²) in [5, 5.41) is 18.6. The molecule has 1 aliphatic rings. The number of halogens is 3. The van der Waals surface area contributed by atoms with Crippen LogP contribution in [0.5, 0.6) is 0 Å². The van der Waals surface area contributed by atoms with Crippen LogP contribution in [-0.2, 0) is 4.74 Å². The molecule has 1 fully saturated rings. The van der Waals surface area contributed by atoms with Gasteiger partial charge in [0.25, 0.3) is 0 Å². The summed E-state index contributed by atoms with van der Waals surface area (Å²) in [6, 6.07) is 0. The largest absolute Gasteiger partial charge is 0.394 e. The molecular formula is C10H11F3N2O4S. The highest BCUT2D eigenvalue weighted by Crippen LogP contribution is 2.41. The number of rotatable bonds is 3. The third-order valence-electron chi connectivity index (χ3n) is 3.12. The van der Waals surface area contributed by atoms with E-state index in [1.807, 2.05) is 4.98 Å². The first-order valence-corrected chi connectivity index (χ1v) is 5.96. The lowest BCUT2D eigenvalue weighted by Crippen LogP contribution is -2.47. The maximum absolute atomic E-state index is 14.5. The highest BCUT2D eigenvalue weighted by Gasteiger charge is 2.58. The fourth-order valence-electron chi connectivity index (χ4n) is 2.03. The summed E-state index contributed by atoms with van der Waals surface area (Å²) in [5.41, 5.74) is -4.01. The third kappa shape index (κ3) is 2.18. The van der Waals surface area contributed by atoms with Crippen LogP contribution in [0.2, 0.25) is 0 Å². The van der Waals surface area contributed by atoms with Gasteiger partial charge in [0.15, 0.2) is 12.0 Å². The molecule has 1 aromatic rings. The summed E-state index contributed by atoms with van der Waals surface area (Å²) in [7, 11) is 0. The number of ether oxygens (including phenoxy) is 1. The fraction of sp³-hybridized carbons (Fsp3) is 0.600. The van der Waals surface area contributed by atoms with Crippen LogP contribution >= 0.6 is 12.2 Å². The van der Waals surface area contributed by atoms with E-state index in [0.717, 1.165) is 0 Å². The van der Waals surface area contributed by atoms with Crippen LogP contribution in [0.4, 0.5) is 13.2 Å². The van der Waals surface area contributed by atoms with Crippen molar-refractivity contribution in [1.29, 1.82) is 0 Å². The second-order valence-corrected chi connectivity index (χ2v) is 4.77. The summed E-state index contributed by atoms with van der Waals surface area (Å²) in [6.07, 6.45) is -4.80. The number of nitrogens with one attached hydrogen (secondary N) is 1. The number of alkyl halides is 2. The Morgan fingerprint density at radius 2 is 2.25 bits per heavy atom. The summed E-state index contributed by atoms with van der Waals surface area (Å²) in [5.74, 6) is -1.04. The zero-order valence-electron chi connectivity index (χ0n) is 9.92. The zero-order valence-corrected chi connectivity index (χ0v) is 10.7. The molecule has 1 aromatic heterocycles. The molecular weight excluding hydrogens is 301 g/mol. The molecule has 0 bridgehead atoms. The molecule has 2 heterocycles. The summed E-state index contributed by atoms with van der Waals surface area (Å²) in [4.78, 5) is 13.6. The Bertz CT molecular complexity index is 621. The number of aliphatic hydroxyl groups excluding tert-OH is 2. The lowest BCUT2D eigenvalue weighted by Gasteiger charge is -2.26. The van der Waals surface area contributed by atoms with Crippen molar-refractivity contribution in [3.05, 3.63) is 27.1 Å². The minimum atomic E-state index is -2.99. The Kier molecular flexibility index (Phi) is 4.00. The molecule has 1 saturated heterocycles. The molecule has 20 heavy (non-hydrogen) atoms. The molecule has 0 saturated carbocycles. The van der Waals surface area contributed by atoms with E-state index < -0.39 is 53.5 Å². The van der Waals surface area contributed by atoms with Gasteiger partial charge in [0.05, 0.1) is 12.8 Å². The van der Waals surface area contributed by atoms with Gasteiger partial charge in [-0.1, -0.05) is 12.2 Å². The van der Waals surface area contributed by atoms with Crippen LogP contribution < -0.4 is 5.69 Å². The number of H-pyrrole nitrogens is 1. The number of hydrogen-bond acceptors (Lipinski definition) is 5. The maximum Gasteiger partial charge on any atom is 0.328 e. The fourth-order valence-corrected chi connectivity index (χ4v) is 2.17. The average molecular weight is 312 g/mol. The van der Waals surface area contributed by atoms with Crippen LogP contribution in [0.25, 0.3) is 0 Å². The summed E-state index contributed by atoms with van der Waals surface area (Å²) >= 11 is 4.49. The summed E-state index contributed by atoms with van der Waals surface area (Å²) in [6.45, 7) is -2.47. The first-order valence-electron chi connectivity index (χ1n) is 5.55. The molecule has 2 rings (SSSR count). The van der Waals surface area contributed by atoms with Crippen molar-refractivity contribution in [2.45, 2.75) is 24.1 Å². The second kappa shape index (κ2) is 5.28. The number of hydrogen-bond donors (Lipinski definition) is 3. The molecule has 4 atom stereocenters. The molecule has 0 amide bonds. The minimum Gasteiger partial charge on any atom is -0.394 e. The third-order valence-corrected chi connectivity index (χ3v) is 3.42. The second-order valence-electron chi connectivity index (χ2n) is 4.36. The molecule has 0 aliphatic carbocycles. The van der Waals surface area contributed by atoms with E-state index in [0.29, 0.717) is 10.8 Å². The summed E-state index contributed by atoms with van der Waals surface area (Å²) < 4.78 is 45.6. The molecule has 3 unspecified atom stereocenters. The van der Waals surface area contributed by atoms with Crippen molar-refractivity contribution in [3.8, 4) is 0 Å². The van der Waals surface area contributed by atoms with Crippen molar-refractivity contribution in [1.82, 2.24) is 9.55 Å². The Morgan fingerprint density at radius 3 is 2.80 bits per heavy atom. The molecule has 112 valence electrons. The van der Waals surface area contributed by atoms with Crippen LogP contribution in [0, 0.1) is 10.5 Å². The monoisotopic (exact) mass is 312 g/mol. The predicted octanol–water partition coefficient (Wildman–Crippen LogP) is -0.0266. The highest BCUT2D eigenvalue weighted by atomic mass is 32.1. The SMILES string of the molecule is O=c1[nH]c(=S)c(F)cn1C1OC(CO)[C@H](O)C1(F)CF. The van der Waals surface area contributed by atoms with E-state index in [1.165, 1.54) is 0 Å². The number of nitrogens with zero attached hydrogens (tertiary/aromatic N) is 1. The Hall–Kier alpha value is -1.23. The van der Waals surface area contributed by atoms with Gasteiger partial charge in [-0.15, -0.1) is 0 Å². The average Bonchev–Trinajstić information content (AvgIpc) is 2.67. The number of aromatic nitrogens is 2. The highest BCUT2D eigenvalue weighted by molar-refractivity contribution is 7.71. The van der Waals surface area contributed by atoms with Crippen molar-refractivity contribution in [2.75, 3.05) is 13.3 Å². The van der Waals surface area contributed by atoms with Gasteiger partial charge in [-0.05, 0) is 0 Å². The predicted molar refractivity (Wildman–Crippen MR) is 62.7 cm³/mol. The topological polar surface area (TPSA) is 87.5 Å². The lowest BCUT2D eigenvalue weighted by atomic mass is 9.97. The van der Waals surface area contributed by atoms with Crippen molar-refractivity contribution < 1.29 is 28.1 Å². The van der Waals surface area contributed by atoms with Crippen LogP contribution in [0.15, 0.2) is 11.0 Å². The molecule has 1 aliphatic heterocycles. The van der Waals surface area contributed by atoms with Gasteiger partial charge in [-0.2, -0.15) is 0 Å². The molecule has 0 spiro atoms. The van der Waals surface area contributed by atoms with Gasteiger partial charge in [-0.3, -0.25) is 9.55 Å². The Labute approximate surface area is 115 Å². The molecule has 0 radical (unpaired) electrons. The lowest BCUT2D eigenvalue weighted by molar-refractivity contribution is -0.0739. The smallest absolute Gasteiger partial charge is 0.328 e.